The van der Waals surface area contributed by atoms with Gasteiger partial charge in [-0.05, 0) is 64.3 Å². The van der Waals surface area contributed by atoms with Crippen LogP contribution in [0.25, 0.3) is 0 Å². The smallest absolute Gasteiger partial charge is 0.408 e. The van der Waals surface area contributed by atoms with Gasteiger partial charge in [0.05, 0.1) is 0 Å². The molecular formula is C30H44N4O4. The lowest BCUT2D eigenvalue weighted by Gasteiger charge is -2.23. The van der Waals surface area contributed by atoms with Crippen molar-refractivity contribution in [1.29, 1.82) is 0 Å². The van der Waals surface area contributed by atoms with Crippen molar-refractivity contribution in [2.45, 2.75) is 65.0 Å². The molecule has 3 amide bonds. The van der Waals surface area contributed by atoms with E-state index in [1.807, 2.05) is 67.6 Å². The van der Waals surface area contributed by atoms with Gasteiger partial charge in [-0.15, -0.1) is 0 Å². The molecule has 0 saturated carbocycles. The molecular weight excluding hydrogens is 480 g/mol. The van der Waals surface area contributed by atoms with Crippen LogP contribution in [-0.4, -0.2) is 55.7 Å². The Morgan fingerprint density at radius 3 is 1.76 bits per heavy atom. The van der Waals surface area contributed by atoms with Gasteiger partial charge < -0.3 is 26.0 Å². The van der Waals surface area contributed by atoms with Crippen molar-refractivity contribution in [3.8, 4) is 0 Å². The molecule has 0 bridgehead atoms. The van der Waals surface area contributed by atoms with Crippen LogP contribution in [0, 0.1) is 5.92 Å². The summed E-state index contributed by atoms with van der Waals surface area (Å²) < 4.78 is 5.33. The van der Waals surface area contributed by atoms with Gasteiger partial charge in [-0.3, -0.25) is 9.59 Å². The van der Waals surface area contributed by atoms with E-state index >= 15 is 0 Å². The Kier molecular flexibility index (Phi) is 13.3. The Morgan fingerprint density at radius 2 is 1.24 bits per heavy atom. The first-order valence-corrected chi connectivity index (χ1v) is 13.5. The van der Waals surface area contributed by atoms with E-state index in [0.29, 0.717) is 19.5 Å². The Labute approximate surface area is 227 Å². The van der Waals surface area contributed by atoms with Crippen molar-refractivity contribution in [2.24, 2.45) is 5.92 Å². The molecule has 0 saturated heterocycles. The van der Waals surface area contributed by atoms with Gasteiger partial charge in [-0.2, -0.15) is 0 Å². The predicted octanol–water partition coefficient (Wildman–Crippen LogP) is 3.60. The average Bonchev–Trinajstić information content (AvgIpc) is 2.87. The summed E-state index contributed by atoms with van der Waals surface area (Å²) in [6.45, 7) is 9.92. The lowest BCUT2D eigenvalue weighted by atomic mass is 10.0. The van der Waals surface area contributed by atoms with Gasteiger partial charge in [0.25, 0.3) is 0 Å². The number of nitrogens with one attached hydrogen (secondary N) is 4. The third-order valence-electron chi connectivity index (χ3n) is 5.78. The molecule has 0 fully saturated rings. The van der Waals surface area contributed by atoms with E-state index in [1.165, 1.54) is 0 Å². The molecule has 2 aromatic carbocycles. The molecule has 0 unspecified atom stereocenters. The summed E-state index contributed by atoms with van der Waals surface area (Å²) in [6, 6.07) is 18.9. The van der Waals surface area contributed by atoms with Crippen LogP contribution < -0.4 is 21.3 Å². The highest BCUT2D eigenvalue weighted by molar-refractivity contribution is 5.86. The van der Waals surface area contributed by atoms with Crippen LogP contribution in [0.3, 0.4) is 0 Å². The van der Waals surface area contributed by atoms with E-state index < -0.39 is 17.7 Å². The standard InChI is InChI=1S/C30H44N4O4/c1-23(21-24-13-7-5-8-14-24)27(35)32-19-11-17-31-18-12-20-33-28(36)26(22-25-15-9-6-10-16-25)34-29(37)38-30(2,3)4/h5-10,13-16,23,26,31H,11-12,17-22H2,1-4H3,(H,32,35)(H,33,36)(H,34,37)/t23-,26-/m0/s1. The maximum Gasteiger partial charge on any atom is 0.408 e. The molecule has 0 heterocycles. The fourth-order valence-electron chi connectivity index (χ4n) is 3.84. The summed E-state index contributed by atoms with van der Waals surface area (Å²) in [5.74, 6) is -0.238. The number of amides is 3. The average molecular weight is 525 g/mol. The second-order valence-corrected chi connectivity index (χ2v) is 10.5. The van der Waals surface area contributed by atoms with Crippen LogP contribution in [0.4, 0.5) is 4.79 Å². The second kappa shape index (κ2) is 16.5. The minimum absolute atomic E-state index is 0.0653. The number of alkyl carbamates (subject to hydrolysis) is 1. The SMILES string of the molecule is C[C@@H](Cc1ccccc1)C(=O)NCCCNCCCNC(=O)[C@H](Cc1ccccc1)NC(=O)OC(C)(C)C. The number of carbonyl (C=O) groups excluding carboxylic acids is 3. The molecule has 2 aromatic rings. The molecule has 8 nitrogen and oxygen atoms in total. The summed E-state index contributed by atoms with van der Waals surface area (Å²) in [5, 5.41) is 12.0. The largest absolute Gasteiger partial charge is 0.444 e. The van der Waals surface area contributed by atoms with Gasteiger partial charge in [0, 0.05) is 25.4 Å². The third kappa shape index (κ3) is 13.2. The molecule has 4 N–H and O–H groups in total. The molecule has 0 aromatic heterocycles. The van der Waals surface area contributed by atoms with Gasteiger partial charge in [0.1, 0.15) is 11.6 Å². The first-order chi connectivity index (χ1) is 18.1. The van der Waals surface area contributed by atoms with Gasteiger partial charge >= 0.3 is 6.09 Å². The van der Waals surface area contributed by atoms with Crippen LogP contribution in [-0.2, 0) is 27.2 Å². The lowest BCUT2D eigenvalue weighted by Crippen LogP contribution is -2.49. The molecule has 0 aliphatic carbocycles. The second-order valence-electron chi connectivity index (χ2n) is 10.5. The molecule has 0 radical (unpaired) electrons. The Bertz CT molecular complexity index is 977. The minimum Gasteiger partial charge on any atom is -0.444 e. The summed E-state index contributed by atoms with van der Waals surface area (Å²) in [6.07, 6.45) is 2.07. The highest BCUT2D eigenvalue weighted by Crippen LogP contribution is 2.09. The van der Waals surface area contributed by atoms with Crippen molar-refractivity contribution in [3.63, 3.8) is 0 Å². The quantitative estimate of drug-likeness (QED) is 0.266. The van der Waals surface area contributed by atoms with E-state index in [-0.39, 0.29) is 17.7 Å². The van der Waals surface area contributed by atoms with Gasteiger partial charge in [0.15, 0.2) is 0 Å². The minimum atomic E-state index is -0.729. The van der Waals surface area contributed by atoms with Crippen molar-refractivity contribution in [1.82, 2.24) is 21.3 Å². The van der Waals surface area contributed by atoms with Crippen molar-refractivity contribution in [2.75, 3.05) is 26.2 Å². The molecule has 0 aliphatic heterocycles. The normalized spacial score (nSPS) is 12.7. The van der Waals surface area contributed by atoms with E-state index in [4.69, 9.17) is 4.74 Å². The lowest BCUT2D eigenvalue weighted by molar-refractivity contribution is -0.124. The Morgan fingerprint density at radius 1 is 0.737 bits per heavy atom. The first kappa shape index (κ1) is 30.8. The zero-order chi connectivity index (χ0) is 27.8. The molecule has 0 aliphatic rings. The maximum absolute atomic E-state index is 12.8. The Hall–Kier alpha value is -3.39. The van der Waals surface area contributed by atoms with E-state index in [1.54, 1.807) is 20.8 Å². The summed E-state index contributed by atoms with van der Waals surface area (Å²) >= 11 is 0. The van der Waals surface area contributed by atoms with Crippen LogP contribution in [0.5, 0.6) is 0 Å². The number of benzene rings is 2. The monoisotopic (exact) mass is 524 g/mol. The zero-order valence-corrected chi connectivity index (χ0v) is 23.2. The molecule has 8 heteroatoms. The first-order valence-electron chi connectivity index (χ1n) is 13.5. The van der Waals surface area contributed by atoms with Crippen LogP contribution >= 0.6 is 0 Å². The van der Waals surface area contributed by atoms with E-state index in [0.717, 1.165) is 43.5 Å². The number of carbonyl (C=O) groups is 3. The van der Waals surface area contributed by atoms with Gasteiger partial charge in [-0.25, -0.2) is 4.79 Å². The molecule has 38 heavy (non-hydrogen) atoms. The van der Waals surface area contributed by atoms with Crippen LogP contribution in [0.2, 0.25) is 0 Å². The maximum atomic E-state index is 12.8. The number of rotatable bonds is 15. The molecule has 2 rings (SSSR count). The fraction of sp³-hybridized carbons (Fsp3) is 0.500. The fourth-order valence-corrected chi connectivity index (χ4v) is 3.84. The van der Waals surface area contributed by atoms with Gasteiger partial charge in [-0.1, -0.05) is 67.6 Å². The summed E-state index contributed by atoms with van der Waals surface area (Å²) in [7, 11) is 0. The Balaban J connectivity index is 1.62. The topological polar surface area (TPSA) is 109 Å². The van der Waals surface area contributed by atoms with Crippen LogP contribution in [0.15, 0.2) is 60.7 Å². The summed E-state index contributed by atoms with van der Waals surface area (Å²) in [5.41, 5.74) is 1.47. The van der Waals surface area contributed by atoms with E-state index in [9.17, 15) is 14.4 Å². The zero-order valence-electron chi connectivity index (χ0n) is 23.2. The van der Waals surface area contributed by atoms with E-state index in [2.05, 4.69) is 21.3 Å². The number of hydrogen-bond acceptors (Lipinski definition) is 5. The predicted molar refractivity (Wildman–Crippen MR) is 151 cm³/mol. The van der Waals surface area contributed by atoms with Crippen molar-refractivity contribution >= 4 is 17.9 Å². The van der Waals surface area contributed by atoms with Crippen molar-refractivity contribution < 1.29 is 19.1 Å². The number of hydrogen-bond donors (Lipinski definition) is 4. The molecule has 2 atom stereocenters. The molecule has 208 valence electrons. The summed E-state index contributed by atoms with van der Waals surface area (Å²) in [4.78, 5) is 37.4. The highest BCUT2D eigenvalue weighted by atomic mass is 16.6. The van der Waals surface area contributed by atoms with Crippen molar-refractivity contribution in [3.05, 3.63) is 71.8 Å². The van der Waals surface area contributed by atoms with Gasteiger partial charge in [0.2, 0.25) is 11.8 Å². The highest BCUT2D eigenvalue weighted by Gasteiger charge is 2.24. The molecule has 0 spiro atoms. The number of ether oxygens (including phenoxy) is 1. The van der Waals surface area contributed by atoms with Crippen LogP contribution in [0.1, 0.15) is 51.7 Å². The third-order valence-corrected chi connectivity index (χ3v) is 5.78.